The zero-order valence-electron chi connectivity index (χ0n) is 7.97. The van der Waals surface area contributed by atoms with Gasteiger partial charge in [0.2, 0.25) is 0 Å². The van der Waals surface area contributed by atoms with E-state index in [0.717, 1.165) is 19.1 Å². The van der Waals surface area contributed by atoms with Crippen LogP contribution in [0.3, 0.4) is 0 Å². The van der Waals surface area contributed by atoms with Crippen LogP contribution in [0.15, 0.2) is 0 Å². The van der Waals surface area contributed by atoms with Crippen LogP contribution in [0.2, 0.25) is 0 Å². The minimum atomic E-state index is 0.306. The van der Waals surface area contributed by atoms with E-state index < -0.39 is 0 Å². The van der Waals surface area contributed by atoms with Gasteiger partial charge in [-0.1, -0.05) is 40.0 Å². The smallest absolute Gasteiger partial charge is 0.123 e. The van der Waals surface area contributed by atoms with Crippen molar-refractivity contribution in [1.29, 1.82) is 0 Å². The van der Waals surface area contributed by atoms with E-state index in [0.29, 0.717) is 11.8 Å². The Morgan fingerprint density at radius 2 is 2.00 bits per heavy atom. The lowest BCUT2D eigenvalue weighted by Gasteiger charge is -2.15. The summed E-state index contributed by atoms with van der Waals surface area (Å²) >= 11 is 0. The van der Waals surface area contributed by atoms with Gasteiger partial charge in [-0.15, -0.1) is 0 Å². The predicted molar refractivity (Wildman–Crippen MR) is 48.5 cm³/mol. The average Bonchev–Trinajstić information content (AvgIpc) is 2.05. The van der Waals surface area contributed by atoms with Gasteiger partial charge in [-0.25, -0.2) is 0 Å². The van der Waals surface area contributed by atoms with E-state index in [4.69, 9.17) is 0 Å². The monoisotopic (exact) mass is 156 g/mol. The van der Waals surface area contributed by atoms with Crippen molar-refractivity contribution in [3.8, 4) is 0 Å². The van der Waals surface area contributed by atoms with E-state index in [2.05, 4.69) is 20.8 Å². The zero-order chi connectivity index (χ0) is 8.69. The van der Waals surface area contributed by atoms with Crippen LogP contribution in [-0.4, -0.2) is 6.29 Å². The van der Waals surface area contributed by atoms with E-state index in [1.54, 1.807) is 0 Å². The Bertz CT molecular complexity index is 99.0. The fourth-order valence-corrected chi connectivity index (χ4v) is 1.23. The molecule has 0 aromatic heterocycles. The van der Waals surface area contributed by atoms with Crippen LogP contribution in [0.5, 0.6) is 0 Å². The van der Waals surface area contributed by atoms with Crippen LogP contribution >= 0.6 is 0 Å². The molecule has 0 aliphatic heterocycles. The van der Waals surface area contributed by atoms with Crippen LogP contribution in [0.25, 0.3) is 0 Å². The Kier molecular flexibility index (Phi) is 6.19. The standard InChI is InChI=1S/C10H20O/c1-4-6-7-10(8-11)9(3)5-2/h8-10H,4-7H2,1-3H3. The third-order valence-electron chi connectivity index (χ3n) is 2.44. The molecule has 0 aliphatic carbocycles. The zero-order valence-corrected chi connectivity index (χ0v) is 7.97. The summed E-state index contributed by atoms with van der Waals surface area (Å²) in [6, 6.07) is 0. The minimum absolute atomic E-state index is 0.306. The first kappa shape index (κ1) is 10.7. The highest BCUT2D eigenvalue weighted by atomic mass is 16.1. The second kappa shape index (κ2) is 6.38. The molecule has 0 amide bonds. The summed E-state index contributed by atoms with van der Waals surface area (Å²) in [4.78, 5) is 10.6. The molecule has 0 saturated heterocycles. The SMILES string of the molecule is CCCCC(C=O)C(C)CC. The fraction of sp³-hybridized carbons (Fsp3) is 0.900. The van der Waals surface area contributed by atoms with Gasteiger partial charge in [-0.05, 0) is 12.3 Å². The highest BCUT2D eigenvalue weighted by Gasteiger charge is 2.13. The van der Waals surface area contributed by atoms with Gasteiger partial charge in [0.1, 0.15) is 6.29 Å². The van der Waals surface area contributed by atoms with Crippen molar-refractivity contribution < 1.29 is 4.79 Å². The lowest BCUT2D eigenvalue weighted by molar-refractivity contribution is -0.112. The number of hydrogen-bond donors (Lipinski definition) is 0. The first-order valence-corrected chi connectivity index (χ1v) is 4.71. The van der Waals surface area contributed by atoms with Crippen molar-refractivity contribution in [2.24, 2.45) is 11.8 Å². The van der Waals surface area contributed by atoms with E-state index in [1.165, 1.54) is 12.8 Å². The van der Waals surface area contributed by atoms with Crippen molar-refractivity contribution in [2.75, 3.05) is 0 Å². The van der Waals surface area contributed by atoms with Gasteiger partial charge in [0.05, 0.1) is 0 Å². The Hall–Kier alpha value is -0.330. The molecule has 0 aromatic carbocycles. The second-order valence-electron chi connectivity index (χ2n) is 3.33. The molecule has 2 atom stereocenters. The molecule has 2 unspecified atom stereocenters. The van der Waals surface area contributed by atoms with Crippen LogP contribution < -0.4 is 0 Å². The van der Waals surface area contributed by atoms with Gasteiger partial charge in [-0.2, -0.15) is 0 Å². The minimum Gasteiger partial charge on any atom is -0.303 e. The largest absolute Gasteiger partial charge is 0.303 e. The Morgan fingerprint density at radius 1 is 1.36 bits per heavy atom. The summed E-state index contributed by atoms with van der Waals surface area (Å²) in [5.41, 5.74) is 0. The molecule has 0 saturated carbocycles. The van der Waals surface area contributed by atoms with Gasteiger partial charge in [0, 0.05) is 5.92 Å². The van der Waals surface area contributed by atoms with Crippen LogP contribution in [-0.2, 0) is 4.79 Å². The van der Waals surface area contributed by atoms with Crippen molar-refractivity contribution in [1.82, 2.24) is 0 Å². The highest BCUT2D eigenvalue weighted by molar-refractivity contribution is 5.53. The molecule has 1 nitrogen and oxygen atoms in total. The first-order valence-electron chi connectivity index (χ1n) is 4.71. The number of carbonyl (C=O) groups excluding carboxylic acids is 1. The number of unbranched alkanes of at least 4 members (excludes halogenated alkanes) is 1. The molecule has 11 heavy (non-hydrogen) atoms. The normalized spacial score (nSPS) is 15.9. The van der Waals surface area contributed by atoms with Crippen LogP contribution in [0, 0.1) is 11.8 Å². The Morgan fingerprint density at radius 3 is 2.36 bits per heavy atom. The number of aldehydes is 1. The molecule has 0 aliphatic rings. The molecule has 0 bridgehead atoms. The van der Waals surface area contributed by atoms with Crippen molar-refractivity contribution in [3.63, 3.8) is 0 Å². The van der Waals surface area contributed by atoms with Crippen LogP contribution in [0.1, 0.15) is 46.5 Å². The van der Waals surface area contributed by atoms with Gasteiger partial charge < -0.3 is 4.79 Å². The molecule has 0 heterocycles. The molecule has 0 N–H and O–H groups in total. The lowest BCUT2D eigenvalue weighted by Crippen LogP contribution is -2.12. The molecule has 0 rings (SSSR count). The van der Waals surface area contributed by atoms with Gasteiger partial charge in [-0.3, -0.25) is 0 Å². The topological polar surface area (TPSA) is 17.1 Å². The summed E-state index contributed by atoms with van der Waals surface area (Å²) in [7, 11) is 0. The molecule has 0 spiro atoms. The first-order chi connectivity index (χ1) is 5.26. The van der Waals surface area contributed by atoms with Gasteiger partial charge in [0.15, 0.2) is 0 Å². The summed E-state index contributed by atoms with van der Waals surface area (Å²) in [5.74, 6) is 0.874. The molecular formula is C10H20O. The summed E-state index contributed by atoms with van der Waals surface area (Å²) < 4.78 is 0. The molecule has 66 valence electrons. The maximum absolute atomic E-state index is 10.6. The lowest BCUT2D eigenvalue weighted by atomic mass is 9.89. The average molecular weight is 156 g/mol. The number of carbonyl (C=O) groups is 1. The Labute approximate surface area is 70.2 Å². The quantitative estimate of drug-likeness (QED) is 0.540. The molecule has 0 radical (unpaired) electrons. The van der Waals surface area contributed by atoms with Crippen LogP contribution in [0.4, 0.5) is 0 Å². The maximum Gasteiger partial charge on any atom is 0.123 e. The van der Waals surface area contributed by atoms with E-state index in [9.17, 15) is 4.79 Å². The summed E-state index contributed by atoms with van der Waals surface area (Å²) in [6.07, 6.45) is 5.71. The fourth-order valence-electron chi connectivity index (χ4n) is 1.23. The third-order valence-corrected chi connectivity index (χ3v) is 2.44. The summed E-state index contributed by atoms with van der Waals surface area (Å²) in [5, 5.41) is 0. The Balaban J connectivity index is 3.65. The number of rotatable bonds is 6. The van der Waals surface area contributed by atoms with Gasteiger partial charge in [0.25, 0.3) is 0 Å². The van der Waals surface area contributed by atoms with Crippen molar-refractivity contribution >= 4 is 6.29 Å². The second-order valence-corrected chi connectivity index (χ2v) is 3.33. The summed E-state index contributed by atoms with van der Waals surface area (Å²) in [6.45, 7) is 6.47. The molecule has 0 aromatic rings. The third kappa shape index (κ3) is 4.18. The predicted octanol–water partition coefficient (Wildman–Crippen LogP) is 3.04. The van der Waals surface area contributed by atoms with E-state index >= 15 is 0 Å². The molecular weight excluding hydrogens is 136 g/mol. The highest BCUT2D eigenvalue weighted by Crippen LogP contribution is 2.18. The number of hydrogen-bond acceptors (Lipinski definition) is 1. The van der Waals surface area contributed by atoms with E-state index in [1.807, 2.05) is 0 Å². The molecule has 0 fully saturated rings. The van der Waals surface area contributed by atoms with Gasteiger partial charge >= 0.3 is 0 Å². The molecule has 1 heteroatoms. The van der Waals surface area contributed by atoms with E-state index in [-0.39, 0.29) is 0 Å². The van der Waals surface area contributed by atoms with Crippen molar-refractivity contribution in [2.45, 2.75) is 46.5 Å². The maximum atomic E-state index is 10.6. The van der Waals surface area contributed by atoms with Crippen molar-refractivity contribution in [3.05, 3.63) is 0 Å².